The topological polar surface area (TPSA) is 33.7 Å². The predicted molar refractivity (Wildman–Crippen MR) is 75.6 cm³/mol. The Morgan fingerprint density at radius 2 is 2.06 bits per heavy atom. The van der Waals surface area contributed by atoms with Crippen molar-refractivity contribution in [3.63, 3.8) is 0 Å². The molecule has 0 aliphatic rings. The summed E-state index contributed by atoms with van der Waals surface area (Å²) in [6.07, 6.45) is 0. The minimum Gasteiger partial charge on any atom is -0.496 e. The highest BCUT2D eigenvalue weighted by molar-refractivity contribution is 5.60. The molecule has 18 heavy (non-hydrogen) atoms. The van der Waals surface area contributed by atoms with Crippen molar-refractivity contribution in [2.75, 3.05) is 46.4 Å². The van der Waals surface area contributed by atoms with Crippen LogP contribution in [0.4, 0.5) is 5.69 Å². The third-order valence-electron chi connectivity index (χ3n) is 3.17. The summed E-state index contributed by atoms with van der Waals surface area (Å²) in [5, 5.41) is 3.27. The number of rotatable bonds is 7. The summed E-state index contributed by atoms with van der Waals surface area (Å²) in [6.45, 7) is 3.69. The first kappa shape index (κ1) is 14.8. The highest BCUT2D eigenvalue weighted by Crippen LogP contribution is 2.33. The molecule has 1 rings (SSSR count). The van der Waals surface area contributed by atoms with Crippen LogP contribution in [0.1, 0.15) is 18.5 Å². The molecule has 0 radical (unpaired) electrons. The van der Waals surface area contributed by atoms with Gasteiger partial charge in [0, 0.05) is 38.0 Å². The second-order valence-electron chi connectivity index (χ2n) is 4.32. The van der Waals surface area contributed by atoms with Gasteiger partial charge in [-0.15, -0.1) is 0 Å². The van der Waals surface area contributed by atoms with E-state index in [-0.39, 0.29) is 6.04 Å². The van der Waals surface area contributed by atoms with Gasteiger partial charge in [-0.3, -0.25) is 0 Å². The molecule has 0 saturated heterocycles. The molecule has 0 heterocycles. The molecule has 4 nitrogen and oxygen atoms in total. The van der Waals surface area contributed by atoms with Crippen LogP contribution in [-0.2, 0) is 4.74 Å². The molecular weight excluding hydrogens is 228 g/mol. The Hall–Kier alpha value is -1.26. The molecule has 4 heteroatoms. The molecule has 1 aromatic carbocycles. The lowest BCUT2D eigenvalue weighted by Crippen LogP contribution is -2.25. The van der Waals surface area contributed by atoms with Gasteiger partial charge in [0.05, 0.1) is 13.7 Å². The third kappa shape index (κ3) is 3.37. The Morgan fingerprint density at radius 1 is 1.33 bits per heavy atom. The fourth-order valence-corrected chi connectivity index (χ4v) is 1.97. The lowest BCUT2D eigenvalue weighted by atomic mass is 10.0. The molecule has 1 unspecified atom stereocenters. The highest BCUT2D eigenvalue weighted by atomic mass is 16.5. The van der Waals surface area contributed by atoms with E-state index < -0.39 is 0 Å². The van der Waals surface area contributed by atoms with Crippen LogP contribution in [-0.4, -0.2) is 41.5 Å². The van der Waals surface area contributed by atoms with Crippen LogP contribution in [0.25, 0.3) is 0 Å². The van der Waals surface area contributed by atoms with E-state index in [1.807, 2.05) is 19.2 Å². The van der Waals surface area contributed by atoms with Gasteiger partial charge >= 0.3 is 0 Å². The summed E-state index contributed by atoms with van der Waals surface area (Å²) >= 11 is 0. The van der Waals surface area contributed by atoms with Crippen LogP contribution in [0.15, 0.2) is 18.2 Å². The van der Waals surface area contributed by atoms with Gasteiger partial charge in [0.2, 0.25) is 0 Å². The van der Waals surface area contributed by atoms with Crippen LogP contribution < -0.4 is 15.0 Å². The van der Waals surface area contributed by atoms with Gasteiger partial charge in [0.15, 0.2) is 0 Å². The number of nitrogens with zero attached hydrogens (tertiary/aromatic N) is 1. The number of hydrogen-bond donors (Lipinski definition) is 1. The first-order valence-electron chi connectivity index (χ1n) is 6.20. The standard InChI is InChI=1S/C14H24N2O2/c1-11(15-2)14-12(16(3)9-10-17-4)7-6-8-13(14)18-5/h6-8,11,15H,9-10H2,1-5H3. The van der Waals surface area contributed by atoms with Gasteiger partial charge in [0.25, 0.3) is 0 Å². The molecule has 0 aliphatic carbocycles. The monoisotopic (exact) mass is 252 g/mol. The van der Waals surface area contributed by atoms with Gasteiger partial charge in [-0.05, 0) is 26.1 Å². The number of likely N-dealkylation sites (N-methyl/N-ethyl adjacent to an activating group) is 1. The molecule has 1 N–H and O–H groups in total. The summed E-state index contributed by atoms with van der Waals surface area (Å²) in [7, 11) is 7.45. The van der Waals surface area contributed by atoms with E-state index in [1.54, 1.807) is 14.2 Å². The predicted octanol–water partition coefficient (Wildman–Crippen LogP) is 2.06. The number of ether oxygens (including phenoxy) is 2. The van der Waals surface area contributed by atoms with Gasteiger partial charge in [-0.1, -0.05) is 6.07 Å². The molecular formula is C14H24N2O2. The Kier molecular flexibility index (Phi) is 5.95. The number of methoxy groups -OCH3 is 2. The van der Waals surface area contributed by atoms with Crippen LogP contribution in [0.2, 0.25) is 0 Å². The first-order chi connectivity index (χ1) is 8.65. The molecule has 0 aliphatic heterocycles. The average Bonchev–Trinajstić information content (AvgIpc) is 2.42. The third-order valence-corrected chi connectivity index (χ3v) is 3.17. The SMILES string of the molecule is CNC(C)c1c(OC)cccc1N(C)CCOC. The lowest BCUT2D eigenvalue weighted by Gasteiger charge is -2.26. The molecule has 0 saturated carbocycles. The summed E-state index contributed by atoms with van der Waals surface area (Å²) in [5.74, 6) is 0.915. The maximum Gasteiger partial charge on any atom is 0.125 e. The molecule has 0 fully saturated rings. The molecule has 0 bridgehead atoms. The van der Waals surface area contributed by atoms with Crippen molar-refractivity contribution in [3.05, 3.63) is 23.8 Å². The highest BCUT2D eigenvalue weighted by Gasteiger charge is 2.17. The number of anilines is 1. The summed E-state index contributed by atoms with van der Waals surface area (Å²) in [4.78, 5) is 2.19. The van der Waals surface area contributed by atoms with Crippen LogP contribution >= 0.6 is 0 Å². The fraction of sp³-hybridized carbons (Fsp3) is 0.571. The van der Waals surface area contributed by atoms with E-state index in [1.165, 1.54) is 11.3 Å². The zero-order chi connectivity index (χ0) is 13.5. The zero-order valence-electron chi connectivity index (χ0n) is 12.0. The summed E-state index contributed by atoms with van der Waals surface area (Å²) < 4.78 is 10.6. The molecule has 0 aromatic heterocycles. The Morgan fingerprint density at radius 3 is 2.61 bits per heavy atom. The van der Waals surface area contributed by atoms with E-state index in [9.17, 15) is 0 Å². The maximum atomic E-state index is 5.47. The number of nitrogens with one attached hydrogen (secondary N) is 1. The molecule has 0 amide bonds. The van der Waals surface area contributed by atoms with Crippen molar-refractivity contribution in [3.8, 4) is 5.75 Å². The molecule has 1 aromatic rings. The van der Waals surface area contributed by atoms with E-state index >= 15 is 0 Å². The number of hydrogen-bond acceptors (Lipinski definition) is 4. The average molecular weight is 252 g/mol. The summed E-state index contributed by atoms with van der Waals surface area (Å²) in [5.41, 5.74) is 2.36. The molecule has 102 valence electrons. The van der Waals surface area contributed by atoms with E-state index in [0.717, 1.165) is 12.3 Å². The Balaban J connectivity index is 3.09. The van der Waals surface area contributed by atoms with E-state index in [2.05, 4.69) is 30.3 Å². The minimum absolute atomic E-state index is 0.237. The largest absolute Gasteiger partial charge is 0.496 e. The lowest BCUT2D eigenvalue weighted by molar-refractivity contribution is 0.206. The van der Waals surface area contributed by atoms with E-state index in [4.69, 9.17) is 9.47 Å². The van der Waals surface area contributed by atoms with Gasteiger partial charge < -0.3 is 19.7 Å². The maximum absolute atomic E-state index is 5.47. The van der Waals surface area contributed by atoms with Crippen molar-refractivity contribution < 1.29 is 9.47 Å². The van der Waals surface area contributed by atoms with Gasteiger partial charge in [0.1, 0.15) is 5.75 Å². The normalized spacial score (nSPS) is 12.3. The van der Waals surface area contributed by atoms with Crippen LogP contribution in [0, 0.1) is 0 Å². The van der Waals surface area contributed by atoms with Gasteiger partial charge in [-0.25, -0.2) is 0 Å². The first-order valence-corrected chi connectivity index (χ1v) is 6.20. The number of benzene rings is 1. The quantitative estimate of drug-likeness (QED) is 0.805. The van der Waals surface area contributed by atoms with Crippen LogP contribution in [0.3, 0.4) is 0 Å². The van der Waals surface area contributed by atoms with Gasteiger partial charge in [-0.2, -0.15) is 0 Å². The molecule has 0 spiro atoms. The van der Waals surface area contributed by atoms with Crippen molar-refractivity contribution in [2.45, 2.75) is 13.0 Å². The second kappa shape index (κ2) is 7.24. The Bertz CT molecular complexity index is 369. The van der Waals surface area contributed by atoms with E-state index in [0.29, 0.717) is 6.61 Å². The minimum atomic E-state index is 0.237. The fourth-order valence-electron chi connectivity index (χ4n) is 1.97. The summed E-state index contributed by atoms with van der Waals surface area (Å²) in [6, 6.07) is 6.36. The Labute approximate surface area is 110 Å². The van der Waals surface area contributed by atoms with Crippen molar-refractivity contribution in [2.24, 2.45) is 0 Å². The van der Waals surface area contributed by atoms with Crippen molar-refractivity contribution in [1.82, 2.24) is 5.32 Å². The smallest absolute Gasteiger partial charge is 0.125 e. The second-order valence-corrected chi connectivity index (χ2v) is 4.32. The zero-order valence-corrected chi connectivity index (χ0v) is 12.0. The van der Waals surface area contributed by atoms with Crippen molar-refractivity contribution in [1.29, 1.82) is 0 Å². The molecule has 1 atom stereocenters. The van der Waals surface area contributed by atoms with Crippen molar-refractivity contribution >= 4 is 5.69 Å². The van der Waals surface area contributed by atoms with Crippen LogP contribution in [0.5, 0.6) is 5.75 Å².